The molecule has 4 aromatic heterocycles. The van der Waals surface area contributed by atoms with E-state index in [-0.39, 0.29) is 28.7 Å². The van der Waals surface area contributed by atoms with Crippen molar-refractivity contribution in [3.8, 4) is 17.4 Å². The summed E-state index contributed by atoms with van der Waals surface area (Å²) in [5.74, 6) is -0.353. The Balaban J connectivity index is 1.01. The second kappa shape index (κ2) is 12.6. The number of aromatic nitrogens is 7. The molecule has 2 aliphatic rings. The molecule has 46 heavy (non-hydrogen) atoms. The van der Waals surface area contributed by atoms with Gasteiger partial charge in [-0.15, -0.1) is 10.2 Å². The zero-order chi connectivity index (χ0) is 31.8. The monoisotopic (exact) mass is 656 g/mol. The van der Waals surface area contributed by atoms with Crippen molar-refractivity contribution in [2.75, 3.05) is 19.7 Å². The van der Waals surface area contributed by atoms with Gasteiger partial charge in [0.25, 0.3) is 0 Å². The topological polar surface area (TPSA) is 107 Å². The van der Waals surface area contributed by atoms with E-state index in [1.54, 1.807) is 24.4 Å². The number of halogens is 5. The number of pyridine rings is 2. The third kappa shape index (κ3) is 6.69. The average Bonchev–Trinajstić information content (AvgIpc) is 3.63. The molecule has 10 nitrogen and oxygen atoms in total. The van der Waals surface area contributed by atoms with Gasteiger partial charge < -0.3 is 19.0 Å². The summed E-state index contributed by atoms with van der Waals surface area (Å²) in [7, 11) is 0. The predicted octanol–water partition coefficient (Wildman–Crippen LogP) is 5.85. The highest BCUT2D eigenvalue weighted by atomic mass is 35.5. The summed E-state index contributed by atoms with van der Waals surface area (Å²) in [6.07, 6.45) is 0.0206. The fourth-order valence-electron chi connectivity index (χ4n) is 5.70. The minimum Gasteiger partial charge on any atom is -0.474 e. The van der Waals surface area contributed by atoms with Crippen LogP contribution >= 0.6 is 11.6 Å². The van der Waals surface area contributed by atoms with Gasteiger partial charge in [0.05, 0.1) is 41.4 Å². The highest BCUT2D eigenvalue weighted by Gasteiger charge is 2.35. The van der Waals surface area contributed by atoms with E-state index in [1.807, 2.05) is 18.2 Å². The van der Waals surface area contributed by atoms with Crippen molar-refractivity contribution < 1.29 is 27.0 Å². The maximum atomic E-state index is 13.9. The van der Waals surface area contributed by atoms with E-state index in [1.165, 1.54) is 6.07 Å². The van der Waals surface area contributed by atoms with Crippen LogP contribution in [-0.2, 0) is 30.4 Å². The molecule has 2 saturated heterocycles. The van der Waals surface area contributed by atoms with Gasteiger partial charge in [-0.3, -0.25) is 9.88 Å². The summed E-state index contributed by atoms with van der Waals surface area (Å²) in [5.41, 5.74) is 3.15. The lowest BCUT2D eigenvalue weighted by Crippen LogP contribution is -2.39. The first-order valence-electron chi connectivity index (χ1n) is 14.9. The minimum atomic E-state index is -4.63. The van der Waals surface area contributed by atoms with Crippen LogP contribution in [0.1, 0.15) is 42.2 Å². The summed E-state index contributed by atoms with van der Waals surface area (Å²) in [6.45, 7) is 3.46. The van der Waals surface area contributed by atoms with Gasteiger partial charge in [0.15, 0.2) is 5.82 Å². The van der Waals surface area contributed by atoms with Gasteiger partial charge in [0.1, 0.15) is 23.4 Å². The first kappa shape index (κ1) is 30.5. The first-order valence-corrected chi connectivity index (χ1v) is 15.3. The van der Waals surface area contributed by atoms with E-state index < -0.39 is 17.8 Å². The van der Waals surface area contributed by atoms with Gasteiger partial charge in [0, 0.05) is 37.9 Å². The van der Waals surface area contributed by atoms with E-state index in [4.69, 9.17) is 26.1 Å². The highest BCUT2D eigenvalue weighted by Crippen LogP contribution is 2.29. The summed E-state index contributed by atoms with van der Waals surface area (Å²) in [6, 6.07) is 12.0. The summed E-state index contributed by atoms with van der Waals surface area (Å²) in [4.78, 5) is 18.4. The number of benzene rings is 1. The maximum absolute atomic E-state index is 13.9. The van der Waals surface area contributed by atoms with Gasteiger partial charge >= 0.3 is 6.18 Å². The molecule has 2 fully saturated rings. The molecule has 7 rings (SSSR count). The highest BCUT2D eigenvalue weighted by molar-refractivity contribution is 6.30. The Morgan fingerprint density at radius 2 is 1.87 bits per heavy atom. The molecule has 0 aliphatic carbocycles. The van der Waals surface area contributed by atoms with Crippen LogP contribution in [0.25, 0.3) is 22.6 Å². The Bertz CT molecular complexity index is 1850. The molecule has 0 spiro atoms. The number of nitrogens with zero attached hydrogens (tertiary/aromatic N) is 7. The van der Waals surface area contributed by atoms with E-state index in [9.17, 15) is 17.6 Å². The number of H-pyrrole nitrogens is 1. The molecule has 240 valence electrons. The number of aromatic amines is 1. The normalized spacial score (nSPS) is 17.8. The fraction of sp³-hybridized carbons (Fsp3) is 0.387. The third-order valence-electron chi connectivity index (χ3n) is 8.23. The van der Waals surface area contributed by atoms with Crippen molar-refractivity contribution in [2.45, 2.75) is 57.2 Å². The average molecular weight is 657 g/mol. The van der Waals surface area contributed by atoms with E-state index in [0.717, 1.165) is 55.0 Å². The van der Waals surface area contributed by atoms with Crippen molar-refractivity contribution in [1.29, 1.82) is 0 Å². The molecule has 0 saturated carbocycles. The molecule has 0 bridgehead atoms. The van der Waals surface area contributed by atoms with Crippen LogP contribution in [0, 0.1) is 5.82 Å². The molecule has 0 amide bonds. The number of likely N-dealkylation sites (tertiary alicyclic amines) is 1. The molecule has 0 radical (unpaired) electrons. The van der Waals surface area contributed by atoms with Crippen LogP contribution in [0.15, 0.2) is 48.7 Å². The lowest BCUT2D eigenvalue weighted by molar-refractivity contribution is -0.144. The van der Waals surface area contributed by atoms with Crippen molar-refractivity contribution in [3.05, 3.63) is 82.4 Å². The van der Waals surface area contributed by atoms with Gasteiger partial charge in [-0.2, -0.15) is 13.2 Å². The molecule has 1 atom stereocenters. The van der Waals surface area contributed by atoms with Crippen LogP contribution in [0.3, 0.4) is 0 Å². The SMILES string of the molecule is Fc1cc(Cc2cccc(OC3CCN(Cc4nc5cc(-c6nnc(C(F)(F)F)[nH]6)ncc5n4C[C@@H]4CCO4)CC3)n2)ccc1Cl. The number of alkyl halides is 3. The number of piperidine rings is 1. The third-order valence-corrected chi connectivity index (χ3v) is 8.54. The number of imidazole rings is 1. The van der Waals surface area contributed by atoms with Gasteiger partial charge in [-0.05, 0) is 49.1 Å². The van der Waals surface area contributed by atoms with Gasteiger partial charge in [0.2, 0.25) is 11.7 Å². The van der Waals surface area contributed by atoms with Crippen molar-refractivity contribution in [2.24, 2.45) is 0 Å². The van der Waals surface area contributed by atoms with Gasteiger partial charge in [-0.1, -0.05) is 23.7 Å². The molecule has 1 N–H and O–H groups in total. The minimum absolute atomic E-state index is 0.00979. The quantitative estimate of drug-likeness (QED) is 0.197. The lowest BCUT2D eigenvalue weighted by Gasteiger charge is -2.32. The van der Waals surface area contributed by atoms with Crippen molar-refractivity contribution in [3.63, 3.8) is 0 Å². The number of ether oxygens (including phenoxy) is 2. The van der Waals surface area contributed by atoms with E-state index in [2.05, 4.69) is 34.6 Å². The number of fused-ring (bicyclic) bond motifs is 1. The smallest absolute Gasteiger partial charge is 0.451 e. The second-order valence-electron chi connectivity index (χ2n) is 11.5. The molecular weight excluding hydrogens is 628 g/mol. The molecule has 1 aromatic carbocycles. The van der Waals surface area contributed by atoms with E-state index >= 15 is 0 Å². The first-order chi connectivity index (χ1) is 22.2. The molecule has 0 unspecified atom stereocenters. The Kier molecular flexibility index (Phi) is 8.34. The van der Waals surface area contributed by atoms with E-state index in [0.29, 0.717) is 37.5 Å². The van der Waals surface area contributed by atoms with Crippen LogP contribution < -0.4 is 4.74 Å². The molecule has 5 aromatic rings. The predicted molar refractivity (Wildman–Crippen MR) is 160 cm³/mol. The van der Waals surface area contributed by atoms with Crippen LogP contribution in [0.4, 0.5) is 17.6 Å². The van der Waals surface area contributed by atoms with Crippen LogP contribution in [0.5, 0.6) is 5.88 Å². The largest absolute Gasteiger partial charge is 0.474 e. The van der Waals surface area contributed by atoms with Crippen LogP contribution in [0.2, 0.25) is 5.02 Å². The number of rotatable bonds is 9. The molecule has 15 heteroatoms. The summed E-state index contributed by atoms with van der Waals surface area (Å²) >= 11 is 5.81. The Morgan fingerprint density at radius 1 is 1.04 bits per heavy atom. The summed E-state index contributed by atoms with van der Waals surface area (Å²) in [5, 5.41) is 6.93. The fourth-order valence-corrected chi connectivity index (χ4v) is 5.82. The number of hydrogen-bond donors (Lipinski definition) is 1. The molecule has 6 heterocycles. The lowest BCUT2D eigenvalue weighted by atomic mass is 10.1. The van der Waals surface area contributed by atoms with Gasteiger partial charge in [-0.25, -0.2) is 14.4 Å². The van der Waals surface area contributed by atoms with Crippen LogP contribution in [-0.4, -0.2) is 71.5 Å². The maximum Gasteiger partial charge on any atom is 0.451 e. The van der Waals surface area contributed by atoms with Crippen molar-refractivity contribution in [1.82, 2.24) is 39.6 Å². The number of hydrogen-bond acceptors (Lipinski definition) is 8. The zero-order valence-corrected chi connectivity index (χ0v) is 25.2. The summed E-state index contributed by atoms with van der Waals surface area (Å²) < 4.78 is 67.0. The Labute approximate surface area is 265 Å². The zero-order valence-electron chi connectivity index (χ0n) is 24.5. The molecule has 2 aliphatic heterocycles. The standard InChI is InChI=1S/C31H29ClF4N8O2/c32-22-5-4-18(13-23(22)33)12-19-2-1-3-28(38-19)46-20-6-9-43(10-7-20)17-27-39-24-14-25(29-40-30(42-41-29)31(34,35)36)37-15-26(24)44(27)16-21-8-11-45-21/h1-5,13-15,20-21H,6-12,16-17H2,(H,40,41,42)/t21-/m0/s1. The Hall–Kier alpha value is -4.14. The Morgan fingerprint density at radius 3 is 2.59 bits per heavy atom. The second-order valence-corrected chi connectivity index (χ2v) is 11.9. The van der Waals surface area contributed by atoms with Crippen molar-refractivity contribution >= 4 is 22.6 Å². The molecular formula is C31H29ClF4N8O2. The number of nitrogens with one attached hydrogen (secondary N) is 1.